The van der Waals surface area contributed by atoms with Gasteiger partial charge in [0.2, 0.25) is 0 Å². The molecule has 0 atom stereocenters. The second kappa shape index (κ2) is 4.12. The van der Waals surface area contributed by atoms with E-state index in [1.807, 2.05) is 0 Å². The minimum absolute atomic E-state index is 0.125. The molecule has 66 valence electrons. The lowest BCUT2D eigenvalue weighted by atomic mass is 10.4. The summed E-state index contributed by atoms with van der Waals surface area (Å²) in [6.45, 7) is 3.20. The standard InChI is InChI=1S/C5H10ClO4P/c1-3-5(4(2)6)10-11(7,8)9/h3H2,1-2H3,(H2,7,8,9). The molecule has 0 aliphatic carbocycles. The summed E-state index contributed by atoms with van der Waals surface area (Å²) in [5.74, 6) is 0.125. The van der Waals surface area contributed by atoms with Gasteiger partial charge in [0, 0.05) is 6.42 Å². The van der Waals surface area contributed by atoms with Gasteiger partial charge in [0.15, 0.2) is 0 Å². The van der Waals surface area contributed by atoms with Crippen LogP contribution in [0.5, 0.6) is 0 Å². The van der Waals surface area contributed by atoms with Crippen molar-refractivity contribution >= 4 is 19.4 Å². The molecule has 0 saturated heterocycles. The molecule has 0 bridgehead atoms. The first-order chi connectivity index (χ1) is 4.87. The molecule has 0 aromatic heterocycles. The number of phosphoric acid groups is 1. The third-order valence-electron chi connectivity index (χ3n) is 0.934. The highest BCUT2D eigenvalue weighted by atomic mass is 35.5. The van der Waals surface area contributed by atoms with Crippen molar-refractivity contribution in [2.75, 3.05) is 0 Å². The number of hydrogen-bond donors (Lipinski definition) is 2. The summed E-state index contributed by atoms with van der Waals surface area (Å²) in [4.78, 5) is 16.7. The molecule has 0 fully saturated rings. The van der Waals surface area contributed by atoms with Crippen LogP contribution >= 0.6 is 19.4 Å². The molecule has 0 unspecified atom stereocenters. The molecule has 4 nitrogen and oxygen atoms in total. The average molecular weight is 201 g/mol. The van der Waals surface area contributed by atoms with Crippen LogP contribution in [-0.4, -0.2) is 9.79 Å². The van der Waals surface area contributed by atoms with Gasteiger partial charge in [-0.05, 0) is 6.92 Å². The molecular weight excluding hydrogens is 190 g/mol. The molecule has 0 heterocycles. The summed E-state index contributed by atoms with van der Waals surface area (Å²) in [6.07, 6.45) is 0.362. The number of phosphoric ester groups is 1. The quantitative estimate of drug-likeness (QED) is 0.540. The monoisotopic (exact) mass is 200 g/mol. The van der Waals surface area contributed by atoms with Gasteiger partial charge in [0.1, 0.15) is 5.76 Å². The Bertz CT molecular complexity index is 203. The maximum absolute atomic E-state index is 10.3. The van der Waals surface area contributed by atoms with Crippen LogP contribution in [0.2, 0.25) is 0 Å². The average Bonchev–Trinajstić information content (AvgIpc) is 1.80. The van der Waals surface area contributed by atoms with E-state index in [-0.39, 0.29) is 10.8 Å². The molecular formula is C5H10ClO4P. The summed E-state index contributed by atoms with van der Waals surface area (Å²) in [5, 5.41) is 0.260. The second-order valence-electron chi connectivity index (χ2n) is 1.89. The number of halogens is 1. The van der Waals surface area contributed by atoms with E-state index in [2.05, 4.69) is 4.52 Å². The van der Waals surface area contributed by atoms with Crippen LogP contribution in [0.4, 0.5) is 0 Å². The Hall–Kier alpha value is -0.0200. The lowest BCUT2D eigenvalue weighted by Crippen LogP contribution is -1.90. The van der Waals surface area contributed by atoms with Crippen molar-refractivity contribution in [3.63, 3.8) is 0 Å². The summed E-state index contributed by atoms with van der Waals surface area (Å²) < 4.78 is 14.5. The van der Waals surface area contributed by atoms with Crippen LogP contribution < -0.4 is 0 Å². The van der Waals surface area contributed by atoms with Crippen LogP contribution in [0, 0.1) is 0 Å². The van der Waals surface area contributed by atoms with Crippen molar-refractivity contribution in [3.8, 4) is 0 Å². The van der Waals surface area contributed by atoms with Crippen molar-refractivity contribution < 1.29 is 18.9 Å². The third kappa shape index (κ3) is 5.27. The number of rotatable bonds is 3. The summed E-state index contributed by atoms with van der Waals surface area (Å²) in [5.41, 5.74) is 0. The highest BCUT2D eigenvalue weighted by molar-refractivity contribution is 7.46. The van der Waals surface area contributed by atoms with Crippen molar-refractivity contribution in [1.29, 1.82) is 0 Å². The van der Waals surface area contributed by atoms with E-state index in [1.54, 1.807) is 6.92 Å². The summed E-state index contributed by atoms with van der Waals surface area (Å²) in [6, 6.07) is 0. The molecule has 0 spiro atoms. The van der Waals surface area contributed by atoms with E-state index in [1.165, 1.54) is 6.92 Å². The Labute approximate surface area is 70.1 Å². The van der Waals surface area contributed by atoms with E-state index in [4.69, 9.17) is 21.4 Å². The minimum atomic E-state index is -4.43. The molecule has 0 amide bonds. The van der Waals surface area contributed by atoms with Gasteiger partial charge in [-0.15, -0.1) is 0 Å². The van der Waals surface area contributed by atoms with Gasteiger partial charge in [-0.25, -0.2) is 4.57 Å². The molecule has 0 saturated carbocycles. The Balaban J connectivity index is 4.36. The van der Waals surface area contributed by atoms with Gasteiger partial charge in [0.25, 0.3) is 0 Å². The second-order valence-corrected chi connectivity index (χ2v) is 3.62. The first-order valence-electron chi connectivity index (χ1n) is 2.97. The van der Waals surface area contributed by atoms with Crippen LogP contribution in [-0.2, 0) is 9.09 Å². The van der Waals surface area contributed by atoms with Crippen LogP contribution in [0.1, 0.15) is 20.3 Å². The zero-order chi connectivity index (χ0) is 9.07. The zero-order valence-electron chi connectivity index (χ0n) is 6.24. The smallest absolute Gasteiger partial charge is 0.408 e. The predicted molar refractivity (Wildman–Crippen MR) is 42.0 cm³/mol. The Morgan fingerprint density at radius 3 is 2.18 bits per heavy atom. The Morgan fingerprint density at radius 1 is 1.64 bits per heavy atom. The molecule has 0 radical (unpaired) electrons. The lowest BCUT2D eigenvalue weighted by molar-refractivity contribution is 0.237. The first kappa shape index (κ1) is 11.0. The molecule has 0 aliphatic rings. The van der Waals surface area contributed by atoms with Gasteiger partial charge < -0.3 is 4.52 Å². The molecule has 6 heteroatoms. The maximum atomic E-state index is 10.3. The van der Waals surface area contributed by atoms with Crippen LogP contribution in [0.3, 0.4) is 0 Å². The van der Waals surface area contributed by atoms with E-state index >= 15 is 0 Å². The Kier molecular flexibility index (Phi) is 4.11. The maximum Gasteiger partial charge on any atom is 0.524 e. The predicted octanol–water partition coefficient (Wildman–Crippen LogP) is 1.98. The van der Waals surface area contributed by atoms with Crippen molar-refractivity contribution in [2.24, 2.45) is 0 Å². The first-order valence-corrected chi connectivity index (χ1v) is 4.88. The van der Waals surface area contributed by atoms with Gasteiger partial charge >= 0.3 is 7.82 Å². The normalized spacial score (nSPS) is 14.3. The van der Waals surface area contributed by atoms with Gasteiger partial charge in [-0.2, -0.15) is 0 Å². The molecule has 2 N–H and O–H groups in total. The van der Waals surface area contributed by atoms with Crippen molar-refractivity contribution in [1.82, 2.24) is 0 Å². The van der Waals surface area contributed by atoms with E-state index < -0.39 is 7.82 Å². The largest absolute Gasteiger partial charge is 0.524 e. The molecule has 11 heavy (non-hydrogen) atoms. The minimum Gasteiger partial charge on any atom is -0.408 e. The lowest BCUT2D eigenvalue weighted by Gasteiger charge is -2.09. The Morgan fingerprint density at radius 2 is 2.09 bits per heavy atom. The van der Waals surface area contributed by atoms with E-state index in [0.717, 1.165) is 0 Å². The fourth-order valence-electron chi connectivity index (χ4n) is 0.515. The number of hydrogen-bond acceptors (Lipinski definition) is 2. The van der Waals surface area contributed by atoms with Crippen LogP contribution in [0.25, 0.3) is 0 Å². The highest BCUT2D eigenvalue weighted by Crippen LogP contribution is 2.40. The molecule has 0 rings (SSSR count). The summed E-state index contributed by atoms with van der Waals surface area (Å²) in [7, 11) is -4.43. The molecule has 0 aromatic rings. The van der Waals surface area contributed by atoms with Crippen molar-refractivity contribution in [2.45, 2.75) is 20.3 Å². The SMILES string of the molecule is CCC(OP(=O)(O)O)=C(C)Cl. The van der Waals surface area contributed by atoms with E-state index in [9.17, 15) is 4.57 Å². The summed E-state index contributed by atoms with van der Waals surface area (Å²) >= 11 is 5.46. The topological polar surface area (TPSA) is 66.8 Å². The molecule has 0 aliphatic heterocycles. The fraction of sp³-hybridized carbons (Fsp3) is 0.600. The molecule has 0 aromatic carbocycles. The third-order valence-corrected chi connectivity index (χ3v) is 1.60. The van der Waals surface area contributed by atoms with Gasteiger partial charge in [-0.3, -0.25) is 9.79 Å². The van der Waals surface area contributed by atoms with Crippen molar-refractivity contribution in [3.05, 3.63) is 10.8 Å². The zero-order valence-corrected chi connectivity index (χ0v) is 7.89. The highest BCUT2D eigenvalue weighted by Gasteiger charge is 2.17. The van der Waals surface area contributed by atoms with E-state index in [0.29, 0.717) is 6.42 Å². The fourth-order valence-corrected chi connectivity index (χ4v) is 1.29. The van der Waals surface area contributed by atoms with Crippen LogP contribution in [0.15, 0.2) is 10.8 Å². The van der Waals surface area contributed by atoms with Gasteiger partial charge in [-0.1, -0.05) is 18.5 Å². The number of allylic oxidation sites excluding steroid dienone is 2. The van der Waals surface area contributed by atoms with Gasteiger partial charge in [0.05, 0.1) is 5.03 Å².